The van der Waals surface area contributed by atoms with E-state index in [-0.39, 0.29) is 29.8 Å². The molecule has 1 unspecified atom stereocenters. The Kier molecular flexibility index (Phi) is 8.44. The van der Waals surface area contributed by atoms with Gasteiger partial charge in [0.05, 0.1) is 30.1 Å². The number of amides is 1. The summed E-state index contributed by atoms with van der Waals surface area (Å²) in [5.74, 6) is 0.565. The number of rotatable bonds is 9. The maximum Gasteiger partial charge on any atom is 0.338 e. The second-order valence-corrected chi connectivity index (χ2v) is 9.89. The lowest BCUT2D eigenvalue weighted by molar-refractivity contribution is -0.113. The minimum Gasteiger partial charge on any atom is -0.459 e. The number of anilines is 2. The largest absolute Gasteiger partial charge is 0.459 e. The van der Waals surface area contributed by atoms with E-state index in [9.17, 15) is 9.59 Å². The van der Waals surface area contributed by atoms with Gasteiger partial charge in [-0.3, -0.25) is 9.36 Å². The first kappa shape index (κ1) is 24.5. The number of hydrogen-bond donors (Lipinski definition) is 1. The van der Waals surface area contributed by atoms with Crippen LogP contribution >= 0.6 is 11.8 Å². The predicted octanol–water partition coefficient (Wildman–Crippen LogP) is 3.74. The molecule has 1 aromatic heterocycles. The molecule has 2 aromatic rings. The minimum atomic E-state index is -0.376. The first-order valence-corrected chi connectivity index (χ1v) is 13.0. The molecule has 0 radical (unpaired) electrons. The Morgan fingerprint density at radius 3 is 2.59 bits per heavy atom. The molecule has 1 amide bonds. The first-order valence-electron chi connectivity index (χ1n) is 12.0. The highest BCUT2D eigenvalue weighted by atomic mass is 32.2. The van der Waals surface area contributed by atoms with Crippen LogP contribution < -0.4 is 10.2 Å². The van der Waals surface area contributed by atoms with Crippen LogP contribution in [0.5, 0.6) is 0 Å². The Hall–Kier alpha value is -2.59. The van der Waals surface area contributed by atoms with Crippen molar-refractivity contribution in [3.63, 3.8) is 0 Å². The summed E-state index contributed by atoms with van der Waals surface area (Å²) in [7, 11) is 0. The highest BCUT2D eigenvalue weighted by molar-refractivity contribution is 7.99. The van der Waals surface area contributed by atoms with Gasteiger partial charge < -0.3 is 19.7 Å². The van der Waals surface area contributed by atoms with Gasteiger partial charge in [-0.1, -0.05) is 11.8 Å². The summed E-state index contributed by atoms with van der Waals surface area (Å²) >= 11 is 1.38. The third-order valence-electron chi connectivity index (χ3n) is 5.83. The summed E-state index contributed by atoms with van der Waals surface area (Å²) in [4.78, 5) is 26.9. The molecular weight excluding hydrogens is 454 g/mol. The number of ether oxygens (including phenoxy) is 2. The Bertz CT molecular complexity index is 966. The fourth-order valence-electron chi connectivity index (χ4n) is 4.17. The lowest BCUT2D eigenvalue weighted by Crippen LogP contribution is -2.33. The number of carbonyl (C=O) groups is 2. The van der Waals surface area contributed by atoms with Gasteiger partial charge >= 0.3 is 5.97 Å². The number of carbonyl (C=O) groups excluding carboxylic acids is 2. The molecular formula is C24H33N5O4S. The molecule has 4 rings (SSSR count). The molecule has 2 fully saturated rings. The van der Waals surface area contributed by atoms with E-state index in [1.807, 2.05) is 0 Å². The van der Waals surface area contributed by atoms with Crippen molar-refractivity contribution < 1.29 is 19.1 Å². The third-order valence-corrected chi connectivity index (χ3v) is 6.79. The van der Waals surface area contributed by atoms with Crippen LogP contribution in [0.15, 0.2) is 29.4 Å². The van der Waals surface area contributed by atoms with Gasteiger partial charge in [0.2, 0.25) is 11.9 Å². The van der Waals surface area contributed by atoms with E-state index in [0.717, 1.165) is 56.5 Å². The molecule has 1 atom stereocenters. The van der Waals surface area contributed by atoms with Crippen molar-refractivity contribution in [2.75, 3.05) is 35.7 Å². The van der Waals surface area contributed by atoms with Crippen molar-refractivity contribution in [3.05, 3.63) is 29.8 Å². The summed E-state index contributed by atoms with van der Waals surface area (Å²) < 4.78 is 13.2. The number of nitrogens with zero attached hydrogens (tertiary/aromatic N) is 4. The van der Waals surface area contributed by atoms with Crippen molar-refractivity contribution in [2.24, 2.45) is 0 Å². The lowest BCUT2D eigenvalue weighted by Gasteiger charge is -2.28. The minimum absolute atomic E-state index is 0.145. The molecule has 2 aliphatic heterocycles. The van der Waals surface area contributed by atoms with E-state index < -0.39 is 0 Å². The number of benzene rings is 1. The molecule has 3 heterocycles. The van der Waals surface area contributed by atoms with E-state index >= 15 is 0 Å². The summed E-state index contributed by atoms with van der Waals surface area (Å²) in [5, 5.41) is 12.5. The Labute approximate surface area is 204 Å². The van der Waals surface area contributed by atoms with E-state index in [1.165, 1.54) is 18.2 Å². The van der Waals surface area contributed by atoms with Gasteiger partial charge in [-0.05, 0) is 70.2 Å². The van der Waals surface area contributed by atoms with E-state index in [0.29, 0.717) is 17.8 Å². The zero-order chi connectivity index (χ0) is 23.9. The molecule has 184 valence electrons. The monoisotopic (exact) mass is 487 g/mol. The van der Waals surface area contributed by atoms with Crippen molar-refractivity contribution in [3.8, 4) is 0 Å². The maximum absolute atomic E-state index is 12.6. The fourth-order valence-corrected chi connectivity index (χ4v) is 4.91. The van der Waals surface area contributed by atoms with Crippen molar-refractivity contribution in [2.45, 2.75) is 69.9 Å². The second kappa shape index (κ2) is 11.7. The molecule has 34 heavy (non-hydrogen) atoms. The molecule has 0 bridgehead atoms. The van der Waals surface area contributed by atoms with E-state index in [1.54, 1.807) is 38.1 Å². The lowest BCUT2D eigenvalue weighted by atomic mass is 10.1. The van der Waals surface area contributed by atoms with Gasteiger partial charge in [0.25, 0.3) is 0 Å². The standard InChI is InChI=1S/C24H33N5O4S/c1-17(2)33-22(31)18-8-10-19(11-9-18)25-21(30)16-34-24-27-26-23(28-12-4-3-5-13-28)29(24)15-20-7-6-14-32-20/h8-11,17,20H,3-7,12-16H2,1-2H3,(H,25,30). The number of thioether (sulfide) groups is 1. The molecule has 1 N–H and O–H groups in total. The summed E-state index contributed by atoms with van der Waals surface area (Å²) in [6.07, 6.45) is 5.65. The molecule has 1 aromatic carbocycles. The normalized spacial score (nSPS) is 18.3. The number of esters is 1. The predicted molar refractivity (Wildman–Crippen MR) is 131 cm³/mol. The van der Waals surface area contributed by atoms with E-state index in [4.69, 9.17) is 9.47 Å². The number of aromatic nitrogens is 3. The van der Waals surface area contributed by atoms with Crippen LogP contribution in [0.1, 0.15) is 56.3 Å². The van der Waals surface area contributed by atoms with Crippen LogP contribution in [0, 0.1) is 0 Å². The van der Waals surface area contributed by atoms with Gasteiger partial charge in [-0.15, -0.1) is 10.2 Å². The van der Waals surface area contributed by atoms with Gasteiger partial charge in [0.1, 0.15) is 0 Å². The highest BCUT2D eigenvalue weighted by Crippen LogP contribution is 2.27. The van der Waals surface area contributed by atoms with Gasteiger partial charge in [0.15, 0.2) is 5.16 Å². The van der Waals surface area contributed by atoms with Crippen LogP contribution in [0.25, 0.3) is 0 Å². The zero-order valence-electron chi connectivity index (χ0n) is 19.9. The van der Waals surface area contributed by atoms with Crippen molar-refractivity contribution in [1.29, 1.82) is 0 Å². The molecule has 9 nitrogen and oxygen atoms in total. The SMILES string of the molecule is CC(C)OC(=O)c1ccc(NC(=O)CSc2nnc(N3CCCCC3)n2CC2CCCO2)cc1. The average molecular weight is 488 g/mol. The Morgan fingerprint density at radius 2 is 1.91 bits per heavy atom. The van der Waals surface area contributed by atoms with Crippen molar-refractivity contribution in [1.82, 2.24) is 14.8 Å². The van der Waals surface area contributed by atoms with E-state index in [2.05, 4.69) is 25.0 Å². The fraction of sp³-hybridized carbons (Fsp3) is 0.583. The molecule has 0 spiro atoms. The van der Waals surface area contributed by atoms with Crippen LogP contribution in [0.2, 0.25) is 0 Å². The Balaban J connectivity index is 1.37. The molecule has 10 heteroatoms. The van der Waals surface area contributed by atoms with Crippen molar-refractivity contribution >= 4 is 35.3 Å². The molecule has 2 saturated heterocycles. The van der Waals surface area contributed by atoms with Crippen LogP contribution in [-0.4, -0.2) is 64.3 Å². The molecule has 0 aliphatic carbocycles. The highest BCUT2D eigenvalue weighted by Gasteiger charge is 2.25. The van der Waals surface area contributed by atoms with Crippen LogP contribution in [0.4, 0.5) is 11.6 Å². The summed E-state index contributed by atoms with van der Waals surface area (Å²) in [6, 6.07) is 6.70. The maximum atomic E-state index is 12.6. The second-order valence-electron chi connectivity index (χ2n) is 8.94. The summed E-state index contributed by atoms with van der Waals surface area (Å²) in [5.41, 5.74) is 1.08. The number of piperidine rings is 1. The number of nitrogens with one attached hydrogen (secondary N) is 1. The van der Waals surface area contributed by atoms with Gasteiger partial charge in [-0.2, -0.15) is 0 Å². The average Bonchev–Trinajstić information content (AvgIpc) is 3.49. The molecule has 2 aliphatic rings. The van der Waals surface area contributed by atoms with Crippen LogP contribution in [-0.2, 0) is 20.8 Å². The number of hydrogen-bond acceptors (Lipinski definition) is 8. The smallest absolute Gasteiger partial charge is 0.338 e. The quantitative estimate of drug-likeness (QED) is 0.422. The topological polar surface area (TPSA) is 98.6 Å². The van der Waals surface area contributed by atoms with Crippen LogP contribution in [0.3, 0.4) is 0 Å². The first-order chi connectivity index (χ1) is 16.5. The third kappa shape index (κ3) is 6.50. The summed E-state index contributed by atoms with van der Waals surface area (Å²) in [6.45, 7) is 7.08. The zero-order valence-corrected chi connectivity index (χ0v) is 20.7. The van der Waals surface area contributed by atoms with Gasteiger partial charge in [0, 0.05) is 25.4 Å². The van der Waals surface area contributed by atoms with Gasteiger partial charge in [-0.25, -0.2) is 4.79 Å². The molecule has 0 saturated carbocycles. The Morgan fingerprint density at radius 1 is 1.15 bits per heavy atom.